The standard InChI is InChI=1S/C7H13N3O/c1-3-4(2)5-6(8)9-10-7(5)11/h4H,3H2,1-2H3,(H4,8,9,10,11)/t4-/m0/s1. The maximum atomic E-state index is 11.1. The van der Waals surface area contributed by atoms with Crippen LogP contribution in [0.3, 0.4) is 0 Å². The van der Waals surface area contributed by atoms with Crippen molar-refractivity contribution in [1.29, 1.82) is 0 Å². The Hall–Kier alpha value is -1.19. The molecule has 0 saturated carbocycles. The molecule has 62 valence electrons. The maximum absolute atomic E-state index is 11.1. The van der Waals surface area contributed by atoms with Gasteiger partial charge in [-0.2, -0.15) is 0 Å². The van der Waals surface area contributed by atoms with E-state index in [-0.39, 0.29) is 11.5 Å². The Bertz CT molecular complexity index is 286. The molecule has 1 heterocycles. The zero-order valence-electron chi connectivity index (χ0n) is 6.77. The molecule has 0 spiro atoms. The van der Waals surface area contributed by atoms with Gasteiger partial charge in [0.1, 0.15) is 5.82 Å². The van der Waals surface area contributed by atoms with E-state index >= 15 is 0 Å². The lowest BCUT2D eigenvalue weighted by Crippen LogP contribution is -2.09. The van der Waals surface area contributed by atoms with Crippen LogP contribution in [-0.4, -0.2) is 10.2 Å². The minimum Gasteiger partial charge on any atom is -0.384 e. The van der Waals surface area contributed by atoms with Crippen LogP contribution in [-0.2, 0) is 0 Å². The lowest BCUT2D eigenvalue weighted by molar-refractivity contribution is 0.730. The Morgan fingerprint density at radius 2 is 2.18 bits per heavy atom. The summed E-state index contributed by atoms with van der Waals surface area (Å²) in [6.07, 6.45) is 0.922. The normalized spacial score (nSPS) is 13.3. The average Bonchev–Trinajstić information content (AvgIpc) is 2.30. The number of aromatic amines is 2. The van der Waals surface area contributed by atoms with Crippen molar-refractivity contribution in [3.05, 3.63) is 15.9 Å². The van der Waals surface area contributed by atoms with Crippen LogP contribution in [0.2, 0.25) is 0 Å². The quantitative estimate of drug-likeness (QED) is 0.591. The Morgan fingerprint density at radius 3 is 2.55 bits per heavy atom. The van der Waals surface area contributed by atoms with Gasteiger partial charge in [-0.3, -0.25) is 15.0 Å². The molecule has 4 nitrogen and oxygen atoms in total. The molecule has 4 heteroatoms. The first-order chi connectivity index (χ1) is 5.16. The second kappa shape index (κ2) is 2.82. The highest BCUT2D eigenvalue weighted by molar-refractivity contribution is 5.39. The van der Waals surface area contributed by atoms with Gasteiger partial charge < -0.3 is 5.73 Å². The molecule has 11 heavy (non-hydrogen) atoms. The van der Waals surface area contributed by atoms with Crippen LogP contribution in [0.1, 0.15) is 31.7 Å². The Morgan fingerprint density at radius 1 is 1.55 bits per heavy atom. The third kappa shape index (κ3) is 1.29. The van der Waals surface area contributed by atoms with Crippen molar-refractivity contribution in [2.75, 3.05) is 5.73 Å². The minimum absolute atomic E-state index is 0.100. The van der Waals surface area contributed by atoms with Gasteiger partial charge in [-0.05, 0) is 12.3 Å². The van der Waals surface area contributed by atoms with Crippen LogP contribution in [0.15, 0.2) is 4.79 Å². The first-order valence-corrected chi connectivity index (χ1v) is 3.72. The summed E-state index contributed by atoms with van der Waals surface area (Å²) >= 11 is 0. The summed E-state index contributed by atoms with van der Waals surface area (Å²) in [5.74, 6) is 0.689. The molecule has 0 saturated heterocycles. The zero-order valence-corrected chi connectivity index (χ0v) is 6.77. The Balaban J connectivity index is 3.10. The Kier molecular flexibility index (Phi) is 2.03. The number of nitrogens with one attached hydrogen (secondary N) is 2. The molecular formula is C7H13N3O. The van der Waals surface area contributed by atoms with Gasteiger partial charge in [0.25, 0.3) is 5.56 Å². The van der Waals surface area contributed by atoms with Gasteiger partial charge in [-0.25, -0.2) is 0 Å². The number of rotatable bonds is 2. The van der Waals surface area contributed by atoms with E-state index in [0.717, 1.165) is 6.42 Å². The predicted octanol–water partition coefficient (Wildman–Crippen LogP) is 0.799. The summed E-state index contributed by atoms with van der Waals surface area (Å²) in [6, 6.07) is 0. The molecule has 0 unspecified atom stereocenters. The lowest BCUT2D eigenvalue weighted by atomic mass is 10.0. The van der Waals surface area contributed by atoms with Gasteiger partial charge in [-0.1, -0.05) is 13.8 Å². The predicted molar refractivity (Wildman–Crippen MR) is 44.5 cm³/mol. The van der Waals surface area contributed by atoms with Gasteiger partial charge in [0.2, 0.25) is 0 Å². The van der Waals surface area contributed by atoms with Gasteiger partial charge >= 0.3 is 0 Å². The fraction of sp³-hybridized carbons (Fsp3) is 0.571. The van der Waals surface area contributed by atoms with E-state index in [0.29, 0.717) is 11.4 Å². The first-order valence-electron chi connectivity index (χ1n) is 3.72. The summed E-state index contributed by atoms with van der Waals surface area (Å²) in [5.41, 5.74) is 6.10. The number of nitrogen functional groups attached to an aromatic ring is 1. The molecule has 1 atom stereocenters. The highest BCUT2D eigenvalue weighted by atomic mass is 16.1. The second-order valence-electron chi connectivity index (χ2n) is 2.72. The van der Waals surface area contributed by atoms with Crippen molar-refractivity contribution in [3.63, 3.8) is 0 Å². The van der Waals surface area contributed by atoms with Crippen molar-refractivity contribution in [3.8, 4) is 0 Å². The third-order valence-corrected chi connectivity index (χ3v) is 1.95. The monoisotopic (exact) mass is 155 g/mol. The van der Waals surface area contributed by atoms with Crippen molar-refractivity contribution in [2.45, 2.75) is 26.2 Å². The molecule has 0 bridgehead atoms. The van der Waals surface area contributed by atoms with Crippen LogP contribution >= 0.6 is 0 Å². The first kappa shape index (κ1) is 7.91. The molecular weight excluding hydrogens is 142 g/mol. The highest BCUT2D eigenvalue weighted by Gasteiger charge is 2.12. The van der Waals surface area contributed by atoms with Crippen LogP contribution in [0.4, 0.5) is 5.82 Å². The molecule has 1 aromatic heterocycles. The number of nitrogens with two attached hydrogens (primary N) is 1. The van der Waals surface area contributed by atoms with Crippen LogP contribution in [0.25, 0.3) is 0 Å². The van der Waals surface area contributed by atoms with Gasteiger partial charge in [0, 0.05) is 0 Å². The molecule has 0 aromatic carbocycles. The summed E-state index contributed by atoms with van der Waals surface area (Å²) in [4.78, 5) is 11.1. The van der Waals surface area contributed by atoms with Crippen molar-refractivity contribution in [1.82, 2.24) is 10.2 Å². The number of anilines is 1. The zero-order chi connectivity index (χ0) is 8.43. The molecule has 0 aliphatic rings. The average molecular weight is 155 g/mol. The molecule has 1 rings (SSSR count). The summed E-state index contributed by atoms with van der Waals surface area (Å²) in [5, 5.41) is 5.04. The van der Waals surface area contributed by atoms with E-state index in [1.165, 1.54) is 0 Å². The van der Waals surface area contributed by atoms with Gasteiger partial charge in [0.05, 0.1) is 5.56 Å². The second-order valence-corrected chi connectivity index (χ2v) is 2.72. The van der Waals surface area contributed by atoms with Crippen LogP contribution in [0.5, 0.6) is 0 Å². The van der Waals surface area contributed by atoms with E-state index in [1.807, 2.05) is 13.8 Å². The number of H-pyrrole nitrogens is 2. The number of hydrogen-bond acceptors (Lipinski definition) is 2. The van der Waals surface area contributed by atoms with Crippen LogP contribution < -0.4 is 11.3 Å². The molecule has 1 aromatic rings. The number of aromatic nitrogens is 2. The Labute approximate surface area is 64.8 Å². The molecule has 4 N–H and O–H groups in total. The van der Waals surface area contributed by atoms with Gasteiger partial charge in [-0.15, -0.1) is 0 Å². The fourth-order valence-corrected chi connectivity index (χ4v) is 1.07. The summed E-state index contributed by atoms with van der Waals surface area (Å²) in [6.45, 7) is 4.01. The van der Waals surface area contributed by atoms with Crippen LogP contribution in [0, 0.1) is 0 Å². The smallest absolute Gasteiger partial charge is 0.269 e. The minimum atomic E-state index is -0.100. The van der Waals surface area contributed by atoms with E-state index in [2.05, 4.69) is 10.2 Å². The lowest BCUT2D eigenvalue weighted by Gasteiger charge is -2.03. The van der Waals surface area contributed by atoms with E-state index in [4.69, 9.17) is 5.73 Å². The van der Waals surface area contributed by atoms with Crippen molar-refractivity contribution < 1.29 is 0 Å². The van der Waals surface area contributed by atoms with E-state index in [9.17, 15) is 4.79 Å². The van der Waals surface area contributed by atoms with Crippen molar-refractivity contribution >= 4 is 5.82 Å². The topological polar surface area (TPSA) is 74.7 Å². The maximum Gasteiger partial charge on any atom is 0.269 e. The summed E-state index contributed by atoms with van der Waals surface area (Å²) < 4.78 is 0. The number of hydrogen-bond donors (Lipinski definition) is 3. The molecule has 0 amide bonds. The van der Waals surface area contributed by atoms with Crippen molar-refractivity contribution in [2.24, 2.45) is 0 Å². The highest BCUT2D eigenvalue weighted by Crippen LogP contribution is 2.18. The SMILES string of the molecule is CC[C@H](C)c1c(N)[nH][nH]c1=O. The molecule has 0 radical (unpaired) electrons. The fourth-order valence-electron chi connectivity index (χ4n) is 1.07. The molecule has 0 aliphatic carbocycles. The largest absolute Gasteiger partial charge is 0.384 e. The molecule has 0 aliphatic heterocycles. The summed E-state index contributed by atoms with van der Waals surface area (Å²) in [7, 11) is 0. The van der Waals surface area contributed by atoms with E-state index in [1.54, 1.807) is 0 Å². The molecule has 0 fully saturated rings. The van der Waals surface area contributed by atoms with E-state index < -0.39 is 0 Å². The van der Waals surface area contributed by atoms with Gasteiger partial charge in [0.15, 0.2) is 0 Å². The third-order valence-electron chi connectivity index (χ3n) is 1.95.